The van der Waals surface area contributed by atoms with E-state index < -0.39 is 72.2 Å². The Morgan fingerprint density at radius 1 is 1.16 bits per heavy atom. The van der Waals surface area contributed by atoms with Crippen molar-refractivity contribution < 1.29 is 46.3 Å². The number of piperidine rings is 1. The smallest absolute Gasteiger partial charge is 0.356 e. The Kier molecular flexibility index (Phi) is 7.48. The van der Waals surface area contributed by atoms with Gasteiger partial charge in [0.25, 0.3) is 0 Å². The number of Topliss-reactive ketones (excluding diaryl/α,β-unsaturated/α-hetero) is 1. The minimum Gasteiger partial charge on any atom is -0.356 e. The number of alkyl halides is 3. The van der Waals surface area contributed by atoms with Crippen molar-refractivity contribution in [2.75, 3.05) is 18.5 Å². The van der Waals surface area contributed by atoms with Crippen molar-refractivity contribution in [2.24, 2.45) is 11.8 Å². The number of ketones is 1. The first kappa shape index (κ1) is 26.5. The number of ether oxygens (including phenoxy) is 1. The predicted molar refractivity (Wildman–Crippen MR) is 117 cm³/mol. The van der Waals surface area contributed by atoms with Gasteiger partial charge in [-0.25, -0.2) is 4.39 Å². The molecule has 0 bridgehead atoms. The molecule has 3 N–H and O–H groups in total. The van der Waals surface area contributed by atoms with Crippen molar-refractivity contribution in [1.29, 1.82) is 0 Å². The molecule has 14 heteroatoms. The Morgan fingerprint density at radius 2 is 1.89 bits per heavy atom. The van der Waals surface area contributed by atoms with Gasteiger partial charge in [-0.1, -0.05) is 12.1 Å². The van der Waals surface area contributed by atoms with E-state index >= 15 is 0 Å². The second kappa shape index (κ2) is 10.4. The highest BCUT2D eigenvalue weighted by molar-refractivity contribution is 6.40. The molecule has 3 fully saturated rings. The molecule has 37 heavy (non-hydrogen) atoms. The number of rotatable bonds is 8. The average Bonchev–Trinajstić information content (AvgIpc) is 3.32. The van der Waals surface area contributed by atoms with Crippen molar-refractivity contribution >= 4 is 35.1 Å². The molecule has 1 aromatic rings. The van der Waals surface area contributed by atoms with Crippen LogP contribution in [-0.2, 0) is 28.7 Å². The van der Waals surface area contributed by atoms with Gasteiger partial charge in [0.1, 0.15) is 18.5 Å². The molecule has 2 saturated heterocycles. The molecule has 3 aliphatic rings. The van der Waals surface area contributed by atoms with Crippen LogP contribution < -0.4 is 16.0 Å². The molecular weight excluding hydrogens is 504 g/mol. The van der Waals surface area contributed by atoms with E-state index in [1.807, 2.05) is 0 Å². The van der Waals surface area contributed by atoms with Crippen LogP contribution >= 0.6 is 0 Å². The monoisotopic (exact) mass is 528 g/mol. The zero-order chi connectivity index (χ0) is 26.9. The summed E-state index contributed by atoms with van der Waals surface area (Å²) in [6.45, 7) is -1.05. The third kappa shape index (κ3) is 6.24. The van der Waals surface area contributed by atoms with Gasteiger partial charge in [-0.3, -0.25) is 28.7 Å². The first-order valence-corrected chi connectivity index (χ1v) is 11.6. The van der Waals surface area contributed by atoms with Crippen LogP contribution in [0.3, 0.4) is 0 Å². The molecule has 2 heterocycles. The Bertz CT molecular complexity index is 1110. The molecule has 2 aliphatic heterocycles. The Labute approximate surface area is 208 Å². The van der Waals surface area contributed by atoms with Crippen molar-refractivity contribution in [3.63, 3.8) is 0 Å². The number of hydrogen-bond donors (Lipinski definition) is 3. The van der Waals surface area contributed by atoms with Gasteiger partial charge in [-0.15, -0.1) is 13.2 Å². The number of likely N-dealkylation sites (tertiary alicyclic amines) is 1. The predicted octanol–water partition coefficient (Wildman–Crippen LogP) is 0.870. The SMILES string of the molecule is O=C(Nc1ccccc1F)C(=O)N1[C@@H]2C[C@@H]2C[C@H]1C(=O)NC(CC1CCNC1=O)C(=O)COC(F)(F)F. The summed E-state index contributed by atoms with van der Waals surface area (Å²) in [4.78, 5) is 64.1. The molecule has 2 unspecified atom stereocenters. The Balaban J connectivity index is 1.45. The lowest BCUT2D eigenvalue weighted by molar-refractivity contribution is -0.321. The summed E-state index contributed by atoms with van der Waals surface area (Å²) in [7, 11) is 0. The van der Waals surface area contributed by atoms with E-state index in [4.69, 9.17) is 0 Å². The summed E-state index contributed by atoms with van der Waals surface area (Å²) in [6.07, 6.45) is -4.27. The zero-order valence-electron chi connectivity index (χ0n) is 19.3. The molecule has 4 amide bonds. The number of anilines is 1. The lowest BCUT2D eigenvalue weighted by atomic mass is 9.95. The summed E-state index contributed by atoms with van der Waals surface area (Å²) in [5, 5.41) is 7.08. The van der Waals surface area contributed by atoms with Crippen LogP contribution in [0.5, 0.6) is 0 Å². The lowest BCUT2D eigenvalue weighted by Crippen LogP contribution is -2.55. The van der Waals surface area contributed by atoms with Gasteiger partial charge in [-0.2, -0.15) is 0 Å². The fraction of sp³-hybridized carbons (Fsp3) is 0.522. The molecule has 1 aromatic carbocycles. The largest absolute Gasteiger partial charge is 0.522 e. The molecular formula is C23H24F4N4O6. The molecule has 200 valence electrons. The number of nitrogens with zero attached hydrogens (tertiary/aromatic N) is 1. The Morgan fingerprint density at radius 3 is 2.54 bits per heavy atom. The number of benzene rings is 1. The first-order chi connectivity index (χ1) is 17.4. The van der Waals surface area contributed by atoms with Crippen LogP contribution in [0.15, 0.2) is 24.3 Å². The molecule has 1 aliphatic carbocycles. The molecule has 10 nitrogen and oxygen atoms in total. The van der Waals surface area contributed by atoms with Crippen LogP contribution in [0.25, 0.3) is 0 Å². The number of para-hydroxylation sites is 1. The second-order valence-corrected chi connectivity index (χ2v) is 9.24. The number of nitrogens with one attached hydrogen (secondary N) is 3. The summed E-state index contributed by atoms with van der Waals surface area (Å²) < 4.78 is 54.9. The number of hydrogen-bond acceptors (Lipinski definition) is 6. The van der Waals surface area contributed by atoms with Gasteiger partial charge in [-0.05, 0) is 43.7 Å². The average molecular weight is 528 g/mol. The maximum Gasteiger partial charge on any atom is 0.522 e. The van der Waals surface area contributed by atoms with E-state index in [1.165, 1.54) is 18.2 Å². The van der Waals surface area contributed by atoms with Gasteiger partial charge in [0.15, 0.2) is 5.78 Å². The van der Waals surface area contributed by atoms with E-state index in [2.05, 4.69) is 20.7 Å². The number of fused-ring (bicyclic) bond motifs is 1. The highest BCUT2D eigenvalue weighted by atomic mass is 19.4. The molecule has 0 radical (unpaired) electrons. The summed E-state index contributed by atoms with van der Waals surface area (Å²) in [6, 6.07) is 2.15. The van der Waals surface area contributed by atoms with E-state index in [0.29, 0.717) is 19.4 Å². The van der Waals surface area contributed by atoms with Crippen LogP contribution in [-0.4, -0.2) is 72.0 Å². The van der Waals surface area contributed by atoms with Crippen molar-refractivity contribution in [2.45, 2.75) is 50.2 Å². The van der Waals surface area contributed by atoms with E-state index in [-0.39, 0.29) is 24.4 Å². The van der Waals surface area contributed by atoms with Crippen molar-refractivity contribution in [3.8, 4) is 0 Å². The molecule has 0 aromatic heterocycles. The van der Waals surface area contributed by atoms with Gasteiger partial charge < -0.3 is 20.9 Å². The lowest BCUT2D eigenvalue weighted by Gasteiger charge is -2.28. The van der Waals surface area contributed by atoms with Gasteiger partial charge >= 0.3 is 18.2 Å². The minimum absolute atomic E-state index is 0.0655. The van der Waals surface area contributed by atoms with Gasteiger partial charge in [0.05, 0.1) is 11.7 Å². The number of carbonyl (C=O) groups excluding carboxylic acids is 5. The number of halogens is 4. The van der Waals surface area contributed by atoms with Gasteiger partial charge in [0, 0.05) is 18.5 Å². The third-order valence-corrected chi connectivity index (χ3v) is 6.72. The summed E-state index contributed by atoms with van der Waals surface area (Å²) in [5.74, 6) is -6.11. The quantitative estimate of drug-likeness (QED) is 0.339. The standard InChI is InChI=1S/C23H24F4N4O6/c24-13-3-1-2-4-14(13)29-21(35)22(36)31-16-8-12(16)9-17(31)20(34)30-15(7-11-5-6-28-19(11)33)18(32)10-37-23(25,26)27/h1-4,11-12,15-17H,5-10H2,(H,28,33)(H,29,35)(H,30,34)/t11?,12-,15?,16-,17+/m1/s1. The molecule has 0 spiro atoms. The molecule has 1 saturated carbocycles. The van der Waals surface area contributed by atoms with E-state index in [9.17, 15) is 41.5 Å². The second-order valence-electron chi connectivity index (χ2n) is 9.24. The van der Waals surface area contributed by atoms with E-state index in [0.717, 1.165) is 11.0 Å². The maximum atomic E-state index is 13.9. The normalized spacial score (nSPS) is 25.2. The minimum atomic E-state index is -5.07. The summed E-state index contributed by atoms with van der Waals surface area (Å²) >= 11 is 0. The van der Waals surface area contributed by atoms with Crippen LogP contribution in [0.2, 0.25) is 0 Å². The third-order valence-electron chi connectivity index (χ3n) is 6.72. The first-order valence-electron chi connectivity index (χ1n) is 11.6. The van der Waals surface area contributed by atoms with Crippen LogP contribution in [0, 0.1) is 17.7 Å². The van der Waals surface area contributed by atoms with Gasteiger partial charge in [0.2, 0.25) is 11.8 Å². The van der Waals surface area contributed by atoms with Crippen molar-refractivity contribution in [1.82, 2.24) is 15.5 Å². The highest BCUT2D eigenvalue weighted by Crippen LogP contribution is 2.48. The molecule has 4 rings (SSSR count). The zero-order valence-corrected chi connectivity index (χ0v) is 19.3. The number of amides is 4. The highest BCUT2D eigenvalue weighted by Gasteiger charge is 2.57. The van der Waals surface area contributed by atoms with E-state index in [1.54, 1.807) is 0 Å². The number of carbonyl (C=O) groups is 5. The summed E-state index contributed by atoms with van der Waals surface area (Å²) in [5.41, 5.74) is -0.224. The Hall–Kier alpha value is -3.55. The van der Waals surface area contributed by atoms with Crippen LogP contribution in [0.1, 0.15) is 25.7 Å². The maximum absolute atomic E-state index is 13.9. The molecule has 5 atom stereocenters. The fourth-order valence-electron chi connectivity index (χ4n) is 4.78. The van der Waals surface area contributed by atoms with Crippen molar-refractivity contribution in [3.05, 3.63) is 30.1 Å². The fourth-order valence-corrected chi connectivity index (χ4v) is 4.78. The van der Waals surface area contributed by atoms with Crippen LogP contribution in [0.4, 0.5) is 23.2 Å². The topological polar surface area (TPSA) is 134 Å².